The fourth-order valence-electron chi connectivity index (χ4n) is 2.41. The van der Waals surface area contributed by atoms with Crippen LogP contribution in [0.5, 0.6) is 0 Å². The van der Waals surface area contributed by atoms with E-state index in [0.717, 1.165) is 17.5 Å². The predicted octanol–water partition coefficient (Wildman–Crippen LogP) is 2.78. The van der Waals surface area contributed by atoms with Gasteiger partial charge in [-0.15, -0.1) is 0 Å². The maximum atomic E-state index is 12.3. The molecular weight excluding hydrogens is 284 g/mol. The Morgan fingerprint density at radius 1 is 1.38 bits per heavy atom. The first-order chi connectivity index (χ1) is 10.1. The lowest BCUT2D eigenvalue weighted by molar-refractivity contribution is -0.117. The minimum absolute atomic E-state index is 0.0652. The van der Waals surface area contributed by atoms with Crippen LogP contribution in [0.3, 0.4) is 0 Å². The zero-order valence-electron chi connectivity index (χ0n) is 11.7. The third kappa shape index (κ3) is 2.83. The highest BCUT2D eigenvalue weighted by atomic mass is 32.1. The minimum atomic E-state index is -0.207. The molecule has 0 spiro atoms. The summed E-state index contributed by atoms with van der Waals surface area (Å²) in [5.74, 6) is -0.344. The average Bonchev–Trinajstić information content (AvgIpc) is 3.01. The summed E-state index contributed by atoms with van der Waals surface area (Å²) in [4.78, 5) is 24.1. The van der Waals surface area contributed by atoms with Crippen LogP contribution in [0.4, 0.5) is 5.69 Å². The van der Waals surface area contributed by atoms with Crippen molar-refractivity contribution in [2.75, 3.05) is 11.9 Å². The third-order valence-corrected chi connectivity index (χ3v) is 4.44. The van der Waals surface area contributed by atoms with E-state index in [1.54, 1.807) is 17.4 Å². The molecule has 2 aromatic rings. The van der Waals surface area contributed by atoms with E-state index in [1.165, 1.54) is 0 Å². The SMILES string of the molecule is CC(C(=O)Nc1ccc2c(c1)C(=O)NCC2)c1ccsc1. The van der Waals surface area contributed by atoms with Gasteiger partial charge in [0.25, 0.3) is 5.91 Å². The quantitative estimate of drug-likeness (QED) is 0.915. The molecule has 2 heterocycles. The van der Waals surface area contributed by atoms with Crippen molar-refractivity contribution in [3.05, 3.63) is 51.7 Å². The minimum Gasteiger partial charge on any atom is -0.352 e. The van der Waals surface area contributed by atoms with E-state index in [2.05, 4.69) is 10.6 Å². The second-order valence-electron chi connectivity index (χ2n) is 5.15. The second kappa shape index (κ2) is 5.69. The molecule has 108 valence electrons. The molecule has 2 amide bonds. The summed E-state index contributed by atoms with van der Waals surface area (Å²) in [6, 6.07) is 7.48. The Morgan fingerprint density at radius 2 is 2.24 bits per heavy atom. The molecule has 1 aliphatic rings. The van der Waals surface area contributed by atoms with E-state index in [0.29, 0.717) is 17.8 Å². The zero-order chi connectivity index (χ0) is 14.8. The third-order valence-electron chi connectivity index (χ3n) is 3.74. The Labute approximate surface area is 127 Å². The first-order valence-electron chi connectivity index (χ1n) is 6.89. The molecule has 1 unspecified atom stereocenters. The number of nitrogens with one attached hydrogen (secondary N) is 2. The molecule has 0 saturated heterocycles. The summed E-state index contributed by atoms with van der Waals surface area (Å²) in [5, 5.41) is 9.64. The Morgan fingerprint density at radius 3 is 3.00 bits per heavy atom. The first-order valence-corrected chi connectivity index (χ1v) is 7.83. The number of carbonyl (C=O) groups is 2. The Bertz CT molecular complexity index is 680. The zero-order valence-corrected chi connectivity index (χ0v) is 12.5. The van der Waals surface area contributed by atoms with Crippen molar-refractivity contribution in [1.82, 2.24) is 5.32 Å². The van der Waals surface area contributed by atoms with E-state index in [4.69, 9.17) is 0 Å². The number of carbonyl (C=O) groups excluding carboxylic acids is 2. The number of hydrogen-bond acceptors (Lipinski definition) is 3. The maximum Gasteiger partial charge on any atom is 0.251 e. The van der Waals surface area contributed by atoms with Crippen LogP contribution in [-0.4, -0.2) is 18.4 Å². The molecule has 0 radical (unpaired) electrons. The van der Waals surface area contributed by atoms with Crippen molar-refractivity contribution in [3.63, 3.8) is 0 Å². The highest BCUT2D eigenvalue weighted by Crippen LogP contribution is 2.22. The monoisotopic (exact) mass is 300 g/mol. The van der Waals surface area contributed by atoms with E-state index < -0.39 is 0 Å². The van der Waals surface area contributed by atoms with Gasteiger partial charge in [-0.3, -0.25) is 9.59 Å². The standard InChI is InChI=1S/C16H16N2O2S/c1-10(12-5-7-21-9-12)15(19)18-13-3-2-11-4-6-17-16(20)14(11)8-13/h2-3,5,7-10H,4,6H2,1H3,(H,17,20)(H,18,19). The average molecular weight is 300 g/mol. The predicted molar refractivity (Wildman–Crippen MR) is 83.8 cm³/mol. The topological polar surface area (TPSA) is 58.2 Å². The number of amides is 2. The molecule has 1 atom stereocenters. The van der Waals surface area contributed by atoms with Crippen LogP contribution < -0.4 is 10.6 Å². The van der Waals surface area contributed by atoms with Gasteiger partial charge in [-0.1, -0.05) is 6.07 Å². The number of fused-ring (bicyclic) bond motifs is 1. The van der Waals surface area contributed by atoms with Crippen LogP contribution in [0.2, 0.25) is 0 Å². The highest BCUT2D eigenvalue weighted by Gasteiger charge is 2.19. The molecule has 0 aliphatic carbocycles. The van der Waals surface area contributed by atoms with Crippen molar-refractivity contribution in [2.24, 2.45) is 0 Å². The highest BCUT2D eigenvalue weighted by molar-refractivity contribution is 7.08. The second-order valence-corrected chi connectivity index (χ2v) is 5.93. The lowest BCUT2D eigenvalue weighted by Crippen LogP contribution is -2.32. The molecule has 1 aromatic heterocycles. The maximum absolute atomic E-state index is 12.3. The lowest BCUT2D eigenvalue weighted by atomic mass is 9.99. The van der Waals surface area contributed by atoms with Gasteiger partial charge in [-0.25, -0.2) is 0 Å². The number of benzene rings is 1. The van der Waals surface area contributed by atoms with Crippen molar-refractivity contribution < 1.29 is 9.59 Å². The Balaban J connectivity index is 1.77. The van der Waals surface area contributed by atoms with Crippen LogP contribution in [0.1, 0.15) is 34.3 Å². The van der Waals surface area contributed by atoms with Crippen molar-refractivity contribution in [3.8, 4) is 0 Å². The molecular formula is C16H16N2O2S. The van der Waals surface area contributed by atoms with Gasteiger partial charge in [0.05, 0.1) is 5.92 Å². The van der Waals surface area contributed by atoms with Crippen molar-refractivity contribution in [2.45, 2.75) is 19.3 Å². The number of thiophene rings is 1. The molecule has 21 heavy (non-hydrogen) atoms. The lowest BCUT2D eigenvalue weighted by Gasteiger charge is -2.18. The summed E-state index contributed by atoms with van der Waals surface area (Å²) in [7, 11) is 0. The normalized spacial score (nSPS) is 15.0. The summed E-state index contributed by atoms with van der Waals surface area (Å²) in [6.45, 7) is 2.55. The van der Waals surface area contributed by atoms with Crippen LogP contribution in [0.15, 0.2) is 35.0 Å². The summed E-state index contributed by atoms with van der Waals surface area (Å²) in [6.07, 6.45) is 0.834. The van der Waals surface area contributed by atoms with Gasteiger partial charge in [0.2, 0.25) is 5.91 Å². The van der Waals surface area contributed by atoms with Crippen LogP contribution in [0, 0.1) is 0 Å². The molecule has 4 nitrogen and oxygen atoms in total. The van der Waals surface area contributed by atoms with E-state index in [9.17, 15) is 9.59 Å². The van der Waals surface area contributed by atoms with Gasteiger partial charge in [0.1, 0.15) is 0 Å². The van der Waals surface area contributed by atoms with Crippen LogP contribution >= 0.6 is 11.3 Å². The van der Waals surface area contributed by atoms with Gasteiger partial charge in [0, 0.05) is 17.8 Å². The largest absolute Gasteiger partial charge is 0.352 e. The molecule has 1 aromatic carbocycles. The molecule has 3 rings (SSSR count). The number of rotatable bonds is 3. The molecule has 0 fully saturated rings. The first kappa shape index (κ1) is 13.8. The fourth-order valence-corrected chi connectivity index (χ4v) is 3.17. The molecule has 0 saturated carbocycles. The molecule has 1 aliphatic heterocycles. The van der Waals surface area contributed by atoms with Crippen molar-refractivity contribution in [1.29, 1.82) is 0 Å². The van der Waals surface area contributed by atoms with E-state index in [1.807, 2.05) is 35.9 Å². The summed E-state index contributed by atoms with van der Waals surface area (Å²) < 4.78 is 0. The van der Waals surface area contributed by atoms with Gasteiger partial charge in [0.15, 0.2) is 0 Å². The molecule has 2 N–H and O–H groups in total. The molecule has 0 bridgehead atoms. The van der Waals surface area contributed by atoms with Gasteiger partial charge < -0.3 is 10.6 Å². The van der Waals surface area contributed by atoms with Gasteiger partial charge in [-0.05, 0) is 53.4 Å². The molecule has 5 heteroatoms. The smallest absolute Gasteiger partial charge is 0.251 e. The number of hydrogen-bond donors (Lipinski definition) is 2. The Kier molecular flexibility index (Phi) is 3.75. The van der Waals surface area contributed by atoms with Crippen LogP contribution in [-0.2, 0) is 11.2 Å². The van der Waals surface area contributed by atoms with Crippen LogP contribution in [0.25, 0.3) is 0 Å². The van der Waals surface area contributed by atoms with Crippen molar-refractivity contribution >= 4 is 28.8 Å². The summed E-state index contributed by atoms with van der Waals surface area (Å²) in [5.41, 5.74) is 3.36. The van der Waals surface area contributed by atoms with E-state index in [-0.39, 0.29) is 17.7 Å². The summed E-state index contributed by atoms with van der Waals surface area (Å²) >= 11 is 1.58. The van der Waals surface area contributed by atoms with E-state index >= 15 is 0 Å². The van der Waals surface area contributed by atoms with Gasteiger partial charge >= 0.3 is 0 Å². The van der Waals surface area contributed by atoms with Gasteiger partial charge in [-0.2, -0.15) is 11.3 Å². The number of anilines is 1. The Hall–Kier alpha value is -2.14. The fraction of sp³-hybridized carbons (Fsp3) is 0.250.